The Bertz CT molecular complexity index is 728. The highest BCUT2D eigenvalue weighted by atomic mass is 32.2. The molecule has 2 rings (SSSR count). The fraction of sp³-hybridized carbons (Fsp3) is 0.526. The van der Waals surface area contributed by atoms with E-state index < -0.39 is 10.0 Å². The number of amides is 1. The molecule has 1 fully saturated rings. The molecule has 0 aliphatic carbocycles. The van der Waals surface area contributed by atoms with Gasteiger partial charge in [0.1, 0.15) is 0 Å². The summed E-state index contributed by atoms with van der Waals surface area (Å²) in [5.74, 6) is -0.258. The van der Waals surface area contributed by atoms with Crippen molar-refractivity contribution in [2.24, 2.45) is 0 Å². The lowest BCUT2D eigenvalue weighted by Gasteiger charge is -2.33. The van der Waals surface area contributed by atoms with Crippen molar-refractivity contribution in [3.05, 3.63) is 42.5 Å². The second-order valence-corrected chi connectivity index (χ2v) is 8.32. The van der Waals surface area contributed by atoms with Crippen molar-refractivity contribution in [1.82, 2.24) is 19.8 Å². The zero-order valence-corrected chi connectivity index (χ0v) is 16.8. The molecular weight excluding hydrogens is 364 g/mol. The van der Waals surface area contributed by atoms with Gasteiger partial charge in [0.25, 0.3) is 5.91 Å². The fourth-order valence-electron chi connectivity index (χ4n) is 2.99. The van der Waals surface area contributed by atoms with Crippen LogP contribution in [0.15, 0.2) is 41.8 Å². The highest BCUT2D eigenvalue weighted by molar-refractivity contribution is 7.89. The summed E-state index contributed by atoms with van der Waals surface area (Å²) in [5, 5.41) is 2.87. The first-order chi connectivity index (χ1) is 13.0. The standard InChI is InChI=1S/C19H30N4O3S/c1-3-9-21-27(25,26)18-8-5-7-17(16-18)19(24)20-10-6-11-23-14-12-22(4-2)13-15-23/h3,5,7-8,16,21H,1,4,6,9-15H2,2H3,(H,20,24). The molecule has 1 heterocycles. The van der Waals surface area contributed by atoms with E-state index in [1.807, 2.05) is 0 Å². The van der Waals surface area contributed by atoms with E-state index in [1.165, 1.54) is 18.2 Å². The monoisotopic (exact) mass is 394 g/mol. The number of carbonyl (C=O) groups excluding carboxylic acids is 1. The van der Waals surface area contributed by atoms with Crippen molar-refractivity contribution in [1.29, 1.82) is 0 Å². The van der Waals surface area contributed by atoms with E-state index in [0.29, 0.717) is 12.1 Å². The molecule has 8 heteroatoms. The van der Waals surface area contributed by atoms with Crippen LogP contribution in [0.3, 0.4) is 0 Å². The number of nitrogens with zero attached hydrogens (tertiary/aromatic N) is 2. The smallest absolute Gasteiger partial charge is 0.251 e. The van der Waals surface area contributed by atoms with Crippen LogP contribution in [0.5, 0.6) is 0 Å². The van der Waals surface area contributed by atoms with Crippen LogP contribution in [0.1, 0.15) is 23.7 Å². The SMILES string of the molecule is C=CCNS(=O)(=O)c1cccc(C(=O)NCCCN2CCN(CC)CC2)c1. The van der Waals surface area contributed by atoms with Gasteiger partial charge in [-0.3, -0.25) is 4.79 Å². The lowest BCUT2D eigenvalue weighted by Crippen LogP contribution is -2.46. The van der Waals surface area contributed by atoms with Gasteiger partial charge < -0.3 is 15.1 Å². The number of carbonyl (C=O) groups is 1. The molecule has 2 N–H and O–H groups in total. The lowest BCUT2D eigenvalue weighted by atomic mass is 10.2. The summed E-state index contributed by atoms with van der Waals surface area (Å²) in [6.45, 7) is 12.8. The van der Waals surface area contributed by atoms with Crippen molar-refractivity contribution >= 4 is 15.9 Å². The predicted octanol–water partition coefficient (Wildman–Crippen LogP) is 0.908. The minimum atomic E-state index is -3.64. The molecule has 1 saturated heterocycles. The van der Waals surface area contributed by atoms with Crippen molar-refractivity contribution < 1.29 is 13.2 Å². The zero-order valence-electron chi connectivity index (χ0n) is 16.0. The van der Waals surface area contributed by atoms with Crippen LogP contribution >= 0.6 is 0 Å². The maximum absolute atomic E-state index is 12.3. The second-order valence-electron chi connectivity index (χ2n) is 6.55. The second kappa shape index (κ2) is 10.6. The highest BCUT2D eigenvalue weighted by Crippen LogP contribution is 2.11. The van der Waals surface area contributed by atoms with Gasteiger partial charge in [0.2, 0.25) is 10.0 Å². The highest BCUT2D eigenvalue weighted by Gasteiger charge is 2.16. The Kier molecular flexibility index (Phi) is 8.43. The first-order valence-corrected chi connectivity index (χ1v) is 10.9. The fourth-order valence-corrected chi connectivity index (χ4v) is 4.04. The first kappa shape index (κ1) is 21.6. The Hall–Kier alpha value is -1.74. The van der Waals surface area contributed by atoms with Crippen molar-refractivity contribution in [2.75, 3.05) is 52.4 Å². The molecule has 0 atom stereocenters. The van der Waals surface area contributed by atoms with Crippen molar-refractivity contribution in [3.63, 3.8) is 0 Å². The Morgan fingerprint density at radius 3 is 2.59 bits per heavy atom. The summed E-state index contributed by atoms with van der Waals surface area (Å²) in [5.41, 5.74) is 0.341. The van der Waals surface area contributed by atoms with Crippen LogP contribution in [-0.2, 0) is 10.0 Å². The zero-order chi connectivity index (χ0) is 19.7. The first-order valence-electron chi connectivity index (χ1n) is 9.40. The molecule has 0 aromatic heterocycles. The molecule has 0 unspecified atom stereocenters. The number of hydrogen-bond donors (Lipinski definition) is 2. The number of sulfonamides is 1. The van der Waals surface area contributed by atoms with Crippen LogP contribution in [0.25, 0.3) is 0 Å². The molecule has 150 valence electrons. The van der Waals surface area contributed by atoms with Crippen molar-refractivity contribution in [2.45, 2.75) is 18.2 Å². The van der Waals surface area contributed by atoms with E-state index in [4.69, 9.17) is 0 Å². The van der Waals surface area contributed by atoms with Gasteiger partial charge in [-0.15, -0.1) is 6.58 Å². The van der Waals surface area contributed by atoms with Gasteiger partial charge in [-0.1, -0.05) is 19.1 Å². The number of nitrogens with one attached hydrogen (secondary N) is 2. The summed E-state index contributed by atoms with van der Waals surface area (Å²) in [4.78, 5) is 17.2. The summed E-state index contributed by atoms with van der Waals surface area (Å²) in [7, 11) is -3.64. The summed E-state index contributed by atoms with van der Waals surface area (Å²) >= 11 is 0. The van der Waals surface area contributed by atoms with Gasteiger partial charge in [0, 0.05) is 44.8 Å². The Labute approximate surface area is 162 Å². The van der Waals surface area contributed by atoms with Gasteiger partial charge in [-0.25, -0.2) is 13.1 Å². The molecular formula is C19H30N4O3S. The van der Waals surface area contributed by atoms with Crippen LogP contribution in [0, 0.1) is 0 Å². The number of rotatable bonds is 10. The topological polar surface area (TPSA) is 81.7 Å². The molecule has 1 amide bonds. The third kappa shape index (κ3) is 6.73. The number of likely N-dealkylation sites (N-methyl/N-ethyl adjacent to an activating group) is 1. The minimum Gasteiger partial charge on any atom is -0.352 e. The van der Waals surface area contributed by atoms with Gasteiger partial charge in [0.05, 0.1) is 4.90 Å². The largest absolute Gasteiger partial charge is 0.352 e. The van der Waals surface area contributed by atoms with Gasteiger partial charge in [-0.05, 0) is 37.7 Å². The van der Waals surface area contributed by atoms with Gasteiger partial charge in [-0.2, -0.15) is 0 Å². The summed E-state index contributed by atoms with van der Waals surface area (Å²) < 4.78 is 26.7. The number of benzene rings is 1. The molecule has 1 aromatic rings. The van der Waals surface area contributed by atoms with E-state index in [9.17, 15) is 13.2 Å². The molecule has 1 aliphatic rings. The Morgan fingerprint density at radius 1 is 1.22 bits per heavy atom. The van der Waals surface area contributed by atoms with Gasteiger partial charge in [0.15, 0.2) is 0 Å². The average molecular weight is 395 g/mol. The number of hydrogen-bond acceptors (Lipinski definition) is 5. The van der Waals surface area contributed by atoms with E-state index in [1.54, 1.807) is 12.1 Å². The normalized spacial score (nSPS) is 16.2. The molecule has 1 aromatic carbocycles. The molecule has 0 spiro atoms. The maximum atomic E-state index is 12.3. The van der Waals surface area contributed by atoms with E-state index in [0.717, 1.165) is 45.7 Å². The molecule has 0 bridgehead atoms. The molecule has 27 heavy (non-hydrogen) atoms. The molecule has 0 radical (unpaired) electrons. The number of piperazine rings is 1. The molecule has 7 nitrogen and oxygen atoms in total. The van der Waals surface area contributed by atoms with E-state index >= 15 is 0 Å². The third-order valence-electron chi connectivity index (χ3n) is 4.67. The Balaban J connectivity index is 1.79. The summed E-state index contributed by atoms with van der Waals surface area (Å²) in [6.07, 6.45) is 2.34. The summed E-state index contributed by atoms with van der Waals surface area (Å²) in [6, 6.07) is 6.05. The average Bonchev–Trinajstić information content (AvgIpc) is 2.70. The molecule has 0 saturated carbocycles. The van der Waals surface area contributed by atoms with Gasteiger partial charge >= 0.3 is 0 Å². The van der Waals surface area contributed by atoms with Crippen LogP contribution in [0.2, 0.25) is 0 Å². The molecule has 1 aliphatic heterocycles. The van der Waals surface area contributed by atoms with Crippen LogP contribution in [0.4, 0.5) is 0 Å². The van der Waals surface area contributed by atoms with Crippen LogP contribution < -0.4 is 10.0 Å². The van der Waals surface area contributed by atoms with Crippen molar-refractivity contribution in [3.8, 4) is 0 Å². The van der Waals surface area contributed by atoms with E-state index in [-0.39, 0.29) is 17.3 Å². The predicted molar refractivity (Wildman–Crippen MR) is 107 cm³/mol. The van der Waals surface area contributed by atoms with E-state index in [2.05, 4.69) is 33.3 Å². The maximum Gasteiger partial charge on any atom is 0.251 e. The quantitative estimate of drug-likeness (QED) is 0.455. The third-order valence-corrected chi connectivity index (χ3v) is 6.09. The Morgan fingerprint density at radius 2 is 1.93 bits per heavy atom. The lowest BCUT2D eigenvalue weighted by molar-refractivity contribution is 0.0948. The minimum absolute atomic E-state index is 0.0748. The van der Waals surface area contributed by atoms with Crippen LogP contribution in [-0.4, -0.2) is 76.5 Å².